The van der Waals surface area contributed by atoms with Gasteiger partial charge < -0.3 is 10.1 Å². The fourth-order valence-electron chi connectivity index (χ4n) is 1.87. The summed E-state index contributed by atoms with van der Waals surface area (Å²) < 4.78 is 6.59. The Hall–Kier alpha value is -1.32. The van der Waals surface area contributed by atoms with Gasteiger partial charge in [-0.1, -0.05) is 46.3 Å². The Morgan fingerprint density at radius 2 is 1.95 bits per heavy atom. The Morgan fingerprint density at radius 3 is 2.74 bits per heavy atom. The zero-order valence-corrected chi connectivity index (χ0v) is 12.6. The molecule has 2 aromatic carbocycles. The molecule has 0 amide bonds. The summed E-state index contributed by atoms with van der Waals surface area (Å²) in [6, 6.07) is 16.6. The van der Waals surface area contributed by atoms with Crippen LogP contribution < -0.4 is 5.32 Å². The molecule has 0 saturated heterocycles. The van der Waals surface area contributed by atoms with E-state index in [2.05, 4.69) is 45.5 Å². The first-order valence-electron chi connectivity index (χ1n) is 6.43. The Kier molecular flexibility index (Phi) is 5.43. The lowest BCUT2D eigenvalue weighted by Gasteiger charge is -2.12. The molecule has 0 atom stereocenters. The predicted octanol–water partition coefficient (Wildman–Crippen LogP) is 4.60. The van der Waals surface area contributed by atoms with Gasteiger partial charge in [-0.25, -0.2) is 0 Å². The molecule has 2 aromatic rings. The molecule has 3 heteroatoms. The summed E-state index contributed by atoms with van der Waals surface area (Å²) in [5, 5.41) is 3.46. The summed E-state index contributed by atoms with van der Waals surface area (Å²) in [4.78, 5) is 0. The van der Waals surface area contributed by atoms with Crippen molar-refractivity contribution >= 4 is 21.6 Å². The first-order valence-corrected chi connectivity index (χ1v) is 7.23. The minimum atomic E-state index is 0.651. The molecule has 1 N–H and O–H groups in total. The monoisotopic (exact) mass is 319 g/mol. The third-order valence-electron chi connectivity index (χ3n) is 2.85. The quantitative estimate of drug-likeness (QED) is 0.840. The average Bonchev–Trinajstić information content (AvgIpc) is 2.44. The highest BCUT2D eigenvalue weighted by Gasteiger charge is 2.01. The molecule has 0 radical (unpaired) electrons. The van der Waals surface area contributed by atoms with Crippen LogP contribution in [0.4, 0.5) is 5.69 Å². The first-order chi connectivity index (χ1) is 9.29. The van der Waals surface area contributed by atoms with E-state index in [4.69, 9.17) is 4.74 Å². The van der Waals surface area contributed by atoms with Gasteiger partial charge in [-0.3, -0.25) is 0 Å². The van der Waals surface area contributed by atoms with E-state index < -0.39 is 0 Å². The van der Waals surface area contributed by atoms with Crippen molar-refractivity contribution in [1.29, 1.82) is 0 Å². The molecular weight excluding hydrogens is 302 g/mol. The fourth-order valence-corrected chi connectivity index (χ4v) is 2.32. The van der Waals surface area contributed by atoms with Crippen LogP contribution in [0.2, 0.25) is 0 Å². The third-order valence-corrected chi connectivity index (χ3v) is 3.34. The van der Waals surface area contributed by atoms with Crippen LogP contribution >= 0.6 is 15.9 Å². The Bertz CT molecular complexity index is 528. The molecule has 0 spiro atoms. The summed E-state index contributed by atoms with van der Waals surface area (Å²) in [5.41, 5.74) is 3.58. The summed E-state index contributed by atoms with van der Waals surface area (Å²) >= 11 is 3.49. The van der Waals surface area contributed by atoms with Crippen LogP contribution in [0.5, 0.6) is 0 Å². The Morgan fingerprint density at radius 1 is 1.11 bits per heavy atom. The highest BCUT2D eigenvalue weighted by atomic mass is 79.9. The molecule has 0 aliphatic heterocycles. The molecule has 19 heavy (non-hydrogen) atoms. The van der Waals surface area contributed by atoms with Crippen LogP contribution in [0.15, 0.2) is 53.0 Å². The van der Waals surface area contributed by atoms with Crippen molar-refractivity contribution in [2.24, 2.45) is 0 Å². The zero-order chi connectivity index (χ0) is 13.5. The van der Waals surface area contributed by atoms with Crippen LogP contribution in [-0.2, 0) is 17.9 Å². The van der Waals surface area contributed by atoms with Gasteiger partial charge in [-0.2, -0.15) is 0 Å². The molecule has 2 nitrogen and oxygen atoms in total. The lowest BCUT2D eigenvalue weighted by Crippen LogP contribution is -2.03. The standard InChI is InChI=1S/C16H18BrNO/c1-2-19-12-14-7-3-4-9-16(14)18-11-13-6-5-8-15(17)10-13/h3-10,18H,2,11-12H2,1H3. The molecule has 0 heterocycles. The van der Waals surface area contributed by atoms with Crippen molar-refractivity contribution in [3.63, 3.8) is 0 Å². The molecule has 0 aromatic heterocycles. The van der Waals surface area contributed by atoms with E-state index in [-0.39, 0.29) is 0 Å². The van der Waals surface area contributed by atoms with E-state index in [1.54, 1.807) is 0 Å². The molecule has 0 saturated carbocycles. The summed E-state index contributed by atoms with van der Waals surface area (Å²) in [6.45, 7) is 4.21. The van der Waals surface area contributed by atoms with Gasteiger partial charge in [0.05, 0.1) is 6.61 Å². The van der Waals surface area contributed by atoms with E-state index >= 15 is 0 Å². The highest BCUT2D eigenvalue weighted by Crippen LogP contribution is 2.18. The maximum absolute atomic E-state index is 5.48. The van der Waals surface area contributed by atoms with Crippen LogP contribution in [0.25, 0.3) is 0 Å². The van der Waals surface area contributed by atoms with Gasteiger partial charge >= 0.3 is 0 Å². The van der Waals surface area contributed by atoms with E-state index in [1.807, 2.05) is 31.2 Å². The van der Waals surface area contributed by atoms with Gasteiger partial charge in [0.2, 0.25) is 0 Å². The molecular formula is C16H18BrNO. The van der Waals surface area contributed by atoms with Crippen LogP contribution in [0, 0.1) is 0 Å². The van der Waals surface area contributed by atoms with Crippen molar-refractivity contribution < 1.29 is 4.74 Å². The summed E-state index contributed by atoms with van der Waals surface area (Å²) in [5.74, 6) is 0. The number of hydrogen-bond donors (Lipinski definition) is 1. The second-order valence-electron chi connectivity index (χ2n) is 4.28. The number of halogens is 1. The Labute approximate surface area is 122 Å². The fraction of sp³-hybridized carbons (Fsp3) is 0.250. The van der Waals surface area contributed by atoms with Gasteiger partial charge in [-0.05, 0) is 30.7 Å². The van der Waals surface area contributed by atoms with Gasteiger partial charge in [0.15, 0.2) is 0 Å². The van der Waals surface area contributed by atoms with Gasteiger partial charge in [0.1, 0.15) is 0 Å². The van der Waals surface area contributed by atoms with E-state index in [1.165, 1.54) is 11.1 Å². The van der Waals surface area contributed by atoms with E-state index in [9.17, 15) is 0 Å². The maximum Gasteiger partial charge on any atom is 0.0736 e. The number of benzene rings is 2. The minimum Gasteiger partial charge on any atom is -0.381 e. The minimum absolute atomic E-state index is 0.651. The second kappa shape index (κ2) is 7.31. The molecule has 100 valence electrons. The number of ether oxygens (including phenoxy) is 1. The van der Waals surface area contributed by atoms with Gasteiger partial charge in [0, 0.05) is 28.9 Å². The smallest absolute Gasteiger partial charge is 0.0736 e. The van der Waals surface area contributed by atoms with Crippen LogP contribution in [-0.4, -0.2) is 6.61 Å². The lowest BCUT2D eigenvalue weighted by molar-refractivity contribution is 0.134. The topological polar surface area (TPSA) is 21.3 Å². The normalized spacial score (nSPS) is 10.4. The number of anilines is 1. The van der Waals surface area contributed by atoms with E-state index in [0.717, 1.165) is 23.3 Å². The number of hydrogen-bond acceptors (Lipinski definition) is 2. The molecule has 2 rings (SSSR count). The number of para-hydroxylation sites is 1. The van der Waals surface area contributed by atoms with Crippen molar-refractivity contribution in [1.82, 2.24) is 0 Å². The lowest BCUT2D eigenvalue weighted by atomic mass is 10.1. The third kappa shape index (κ3) is 4.37. The summed E-state index contributed by atoms with van der Waals surface area (Å²) in [7, 11) is 0. The number of rotatable bonds is 6. The maximum atomic E-state index is 5.48. The van der Waals surface area contributed by atoms with Gasteiger partial charge in [0.25, 0.3) is 0 Å². The largest absolute Gasteiger partial charge is 0.381 e. The highest BCUT2D eigenvalue weighted by molar-refractivity contribution is 9.10. The first kappa shape index (κ1) is 14.1. The molecule has 0 fully saturated rings. The number of nitrogens with one attached hydrogen (secondary N) is 1. The summed E-state index contributed by atoms with van der Waals surface area (Å²) in [6.07, 6.45) is 0. The van der Waals surface area contributed by atoms with E-state index in [0.29, 0.717) is 6.61 Å². The predicted molar refractivity (Wildman–Crippen MR) is 83.2 cm³/mol. The Balaban J connectivity index is 2.02. The second-order valence-corrected chi connectivity index (χ2v) is 5.19. The molecule has 0 unspecified atom stereocenters. The van der Waals surface area contributed by atoms with Crippen molar-refractivity contribution in [3.05, 3.63) is 64.1 Å². The average molecular weight is 320 g/mol. The molecule has 0 bridgehead atoms. The zero-order valence-electron chi connectivity index (χ0n) is 11.0. The van der Waals surface area contributed by atoms with Crippen molar-refractivity contribution in [2.75, 3.05) is 11.9 Å². The van der Waals surface area contributed by atoms with Crippen molar-refractivity contribution in [3.8, 4) is 0 Å². The molecule has 0 aliphatic carbocycles. The van der Waals surface area contributed by atoms with Crippen LogP contribution in [0.1, 0.15) is 18.1 Å². The SMILES string of the molecule is CCOCc1ccccc1NCc1cccc(Br)c1. The van der Waals surface area contributed by atoms with Crippen molar-refractivity contribution in [2.45, 2.75) is 20.1 Å². The van der Waals surface area contributed by atoms with Gasteiger partial charge in [-0.15, -0.1) is 0 Å². The molecule has 0 aliphatic rings. The van der Waals surface area contributed by atoms with Crippen LogP contribution in [0.3, 0.4) is 0 Å².